The van der Waals surface area contributed by atoms with Gasteiger partial charge in [0.1, 0.15) is 0 Å². The van der Waals surface area contributed by atoms with Crippen molar-refractivity contribution >= 4 is 17.2 Å². The fourth-order valence-corrected chi connectivity index (χ4v) is 2.49. The third-order valence-corrected chi connectivity index (χ3v) is 3.35. The molecule has 2 aromatic rings. The smallest absolute Gasteiger partial charge is 0.221 e. The molecule has 3 rings (SSSR count). The maximum Gasteiger partial charge on any atom is 0.221 e. The zero-order chi connectivity index (χ0) is 13.2. The molecule has 0 aliphatic heterocycles. The van der Waals surface area contributed by atoms with Crippen molar-refractivity contribution in [2.75, 3.05) is 5.32 Å². The number of hydrogen-bond donors (Lipinski definition) is 1. The van der Waals surface area contributed by atoms with E-state index in [-0.39, 0.29) is 5.91 Å². The maximum atomic E-state index is 11.0. The van der Waals surface area contributed by atoms with Crippen molar-refractivity contribution in [1.82, 2.24) is 0 Å². The Bertz CT molecular complexity index is 653. The van der Waals surface area contributed by atoms with Gasteiger partial charge in [-0.2, -0.15) is 0 Å². The van der Waals surface area contributed by atoms with Crippen LogP contribution in [0.4, 0.5) is 5.69 Å². The van der Waals surface area contributed by atoms with Gasteiger partial charge in [-0.1, -0.05) is 42.5 Å². The van der Waals surface area contributed by atoms with Crippen LogP contribution in [0.2, 0.25) is 0 Å². The molecule has 1 amide bonds. The summed E-state index contributed by atoms with van der Waals surface area (Å²) in [6, 6.07) is 16.5. The first-order chi connectivity index (χ1) is 9.24. The first-order valence-electron chi connectivity index (χ1n) is 6.40. The largest absolute Gasteiger partial charge is 0.326 e. The van der Waals surface area contributed by atoms with Gasteiger partial charge in [-0.05, 0) is 40.8 Å². The molecule has 0 spiro atoms. The van der Waals surface area contributed by atoms with Gasteiger partial charge in [-0.3, -0.25) is 4.79 Å². The molecule has 0 fully saturated rings. The molecule has 1 aliphatic carbocycles. The van der Waals surface area contributed by atoms with Gasteiger partial charge in [-0.25, -0.2) is 0 Å². The Hall–Kier alpha value is -2.35. The van der Waals surface area contributed by atoms with Gasteiger partial charge in [0.15, 0.2) is 0 Å². The number of fused-ring (bicyclic) bond motifs is 1. The number of nitrogens with one attached hydrogen (secondary N) is 1. The standard InChI is InChI=1S/C17H15NO/c1-12(19)18-15-9-6-14(7-10-15)17-11-8-13-4-2-3-5-16(13)17/h2-7,9-11H,8H2,1H3,(H,18,19). The fourth-order valence-electron chi connectivity index (χ4n) is 2.49. The maximum absolute atomic E-state index is 11.0. The quantitative estimate of drug-likeness (QED) is 0.865. The predicted molar refractivity (Wildman–Crippen MR) is 78.0 cm³/mol. The molecule has 0 aromatic heterocycles. The monoisotopic (exact) mass is 249 g/mol. The van der Waals surface area contributed by atoms with Crippen LogP contribution in [0.25, 0.3) is 5.57 Å². The molecule has 0 bridgehead atoms. The van der Waals surface area contributed by atoms with E-state index in [9.17, 15) is 4.79 Å². The predicted octanol–water partition coefficient (Wildman–Crippen LogP) is 3.63. The van der Waals surface area contributed by atoms with Crippen LogP contribution < -0.4 is 5.32 Å². The van der Waals surface area contributed by atoms with Crippen LogP contribution in [0.3, 0.4) is 0 Å². The summed E-state index contributed by atoms with van der Waals surface area (Å²) in [5, 5.41) is 2.78. The number of anilines is 1. The van der Waals surface area contributed by atoms with Crippen molar-refractivity contribution in [3.63, 3.8) is 0 Å². The number of allylic oxidation sites excluding steroid dienone is 1. The zero-order valence-electron chi connectivity index (χ0n) is 10.8. The van der Waals surface area contributed by atoms with Crippen LogP contribution >= 0.6 is 0 Å². The van der Waals surface area contributed by atoms with E-state index in [0.717, 1.165) is 12.1 Å². The molecule has 0 saturated heterocycles. The van der Waals surface area contributed by atoms with Crippen LogP contribution in [-0.4, -0.2) is 5.91 Å². The van der Waals surface area contributed by atoms with Crippen molar-refractivity contribution in [2.24, 2.45) is 0 Å². The minimum Gasteiger partial charge on any atom is -0.326 e. The highest BCUT2D eigenvalue weighted by atomic mass is 16.1. The van der Waals surface area contributed by atoms with Crippen molar-refractivity contribution < 1.29 is 4.79 Å². The second-order valence-electron chi connectivity index (χ2n) is 4.74. The third-order valence-electron chi connectivity index (χ3n) is 3.35. The molecule has 0 saturated carbocycles. The van der Waals surface area contributed by atoms with E-state index in [4.69, 9.17) is 0 Å². The van der Waals surface area contributed by atoms with E-state index in [0.29, 0.717) is 0 Å². The van der Waals surface area contributed by atoms with E-state index in [2.05, 4.69) is 47.8 Å². The summed E-state index contributed by atoms with van der Waals surface area (Å²) in [4.78, 5) is 11.0. The average Bonchev–Trinajstić information content (AvgIpc) is 2.83. The van der Waals surface area contributed by atoms with Gasteiger partial charge < -0.3 is 5.32 Å². The second-order valence-corrected chi connectivity index (χ2v) is 4.74. The lowest BCUT2D eigenvalue weighted by Crippen LogP contribution is -2.05. The molecule has 94 valence electrons. The van der Waals surface area contributed by atoms with E-state index in [1.165, 1.54) is 29.2 Å². The van der Waals surface area contributed by atoms with Crippen LogP contribution in [-0.2, 0) is 11.2 Å². The Kier molecular flexibility index (Phi) is 2.92. The topological polar surface area (TPSA) is 29.1 Å². The summed E-state index contributed by atoms with van der Waals surface area (Å²) in [6.45, 7) is 1.52. The number of benzene rings is 2. The highest BCUT2D eigenvalue weighted by molar-refractivity contribution is 5.89. The summed E-state index contributed by atoms with van der Waals surface area (Å²) in [6.07, 6.45) is 3.26. The number of carbonyl (C=O) groups excluding carboxylic acids is 1. The number of carbonyl (C=O) groups is 1. The molecular formula is C17H15NO. The summed E-state index contributed by atoms with van der Waals surface area (Å²) in [7, 11) is 0. The molecule has 1 N–H and O–H groups in total. The Morgan fingerprint density at radius 1 is 1.05 bits per heavy atom. The van der Waals surface area contributed by atoms with Gasteiger partial charge in [-0.15, -0.1) is 0 Å². The van der Waals surface area contributed by atoms with Crippen molar-refractivity contribution in [3.8, 4) is 0 Å². The minimum absolute atomic E-state index is 0.0434. The highest BCUT2D eigenvalue weighted by Gasteiger charge is 2.14. The molecule has 2 nitrogen and oxygen atoms in total. The fraction of sp³-hybridized carbons (Fsp3) is 0.118. The summed E-state index contributed by atoms with van der Waals surface area (Å²) < 4.78 is 0. The average molecular weight is 249 g/mol. The molecule has 0 unspecified atom stereocenters. The molecule has 2 heteroatoms. The van der Waals surface area contributed by atoms with Gasteiger partial charge in [0.2, 0.25) is 5.91 Å². The number of hydrogen-bond acceptors (Lipinski definition) is 1. The van der Waals surface area contributed by atoms with Crippen molar-refractivity contribution in [2.45, 2.75) is 13.3 Å². The molecule has 0 atom stereocenters. The van der Waals surface area contributed by atoms with E-state index in [1.54, 1.807) is 0 Å². The number of rotatable bonds is 2. The molecular weight excluding hydrogens is 234 g/mol. The lowest BCUT2D eigenvalue weighted by molar-refractivity contribution is -0.114. The van der Waals surface area contributed by atoms with Crippen LogP contribution in [0.5, 0.6) is 0 Å². The van der Waals surface area contributed by atoms with E-state index >= 15 is 0 Å². The summed E-state index contributed by atoms with van der Waals surface area (Å²) in [5.74, 6) is -0.0434. The minimum atomic E-state index is -0.0434. The van der Waals surface area contributed by atoms with Gasteiger partial charge in [0.05, 0.1) is 0 Å². The van der Waals surface area contributed by atoms with E-state index in [1.807, 2.05) is 12.1 Å². The van der Waals surface area contributed by atoms with Gasteiger partial charge >= 0.3 is 0 Å². The first kappa shape index (κ1) is 11.7. The van der Waals surface area contributed by atoms with Gasteiger partial charge in [0.25, 0.3) is 0 Å². The molecule has 2 aromatic carbocycles. The van der Waals surface area contributed by atoms with Crippen molar-refractivity contribution in [1.29, 1.82) is 0 Å². The Labute approximate surface area is 112 Å². The van der Waals surface area contributed by atoms with E-state index < -0.39 is 0 Å². The molecule has 0 heterocycles. The second kappa shape index (κ2) is 4.73. The van der Waals surface area contributed by atoms with Gasteiger partial charge in [0, 0.05) is 12.6 Å². The van der Waals surface area contributed by atoms with Crippen LogP contribution in [0, 0.1) is 0 Å². The summed E-state index contributed by atoms with van der Waals surface area (Å²) >= 11 is 0. The van der Waals surface area contributed by atoms with Crippen LogP contribution in [0.15, 0.2) is 54.6 Å². The van der Waals surface area contributed by atoms with Crippen molar-refractivity contribution in [3.05, 3.63) is 71.3 Å². The molecule has 0 radical (unpaired) electrons. The summed E-state index contributed by atoms with van der Waals surface area (Å²) in [5.41, 5.74) is 6.00. The normalized spacial score (nSPS) is 12.8. The zero-order valence-corrected chi connectivity index (χ0v) is 10.8. The lowest BCUT2D eigenvalue weighted by atomic mass is 9.99. The first-order valence-corrected chi connectivity index (χ1v) is 6.40. The Morgan fingerprint density at radius 2 is 1.79 bits per heavy atom. The Balaban J connectivity index is 1.90. The highest BCUT2D eigenvalue weighted by Crippen LogP contribution is 2.32. The molecule has 19 heavy (non-hydrogen) atoms. The Morgan fingerprint density at radius 3 is 2.53 bits per heavy atom. The molecule has 1 aliphatic rings. The SMILES string of the molecule is CC(=O)Nc1ccc(C2=CCc3ccccc32)cc1. The lowest BCUT2D eigenvalue weighted by Gasteiger charge is -2.07. The van der Waals surface area contributed by atoms with Crippen LogP contribution in [0.1, 0.15) is 23.6 Å². The third kappa shape index (κ3) is 2.29. The number of amides is 1.